The Morgan fingerprint density at radius 3 is 2.70 bits per heavy atom. The van der Waals surface area contributed by atoms with Gasteiger partial charge < -0.3 is 14.7 Å². The van der Waals surface area contributed by atoms with Gasteiger partial charge in [0.25, 0.3) is 5.91 Å². The summed E-state index contributed by atoms with van der Waals surface area (Å²) in [5.74, 6) is 1.14. The van der Waals surface area contributed by atoms with Crippen molar-refractivity contribution in [2.24, 2.45) is 5.92 Å². The standard InChI is InChI=1S/C23H35F2NO4/c1-4-5-6-9-12-18(2)20(27)15-14-19-17-23(24,25)22(29)26(19)16-11-8-7-10-13-21(28)30-3/h14-15,18-20,27H,4-5,7-8,10-13,16-17H2,1-3H3/t18-,19-,20+/m0/s1. The summed E-state index contributed by atoms with van der Waals surface area (Å²) < 4.78 is 32.5. The fourth-order valence-electron chi connectivity index (χ4n) is 3.27. The van der Waals surface area contributed by atoms with Crippen molar-refractivity contribution in [2.45, 2.75) is 89.7 Å². The van der Waals surface area contributed by atoms with E-state index in [4.69, 9.17) is 0 Å². The highest BCUT2D eigenvalue weighted by molar-refractivity contribution is 5.86. The van der Waals surface area contributed by atoms with Gasteiger partial charge in [-0.1, -0.05) is 38.8 Å². The van der Waals surface area contributed by atoms with Gasteiger partial charge in [-0.25, -0.2) is 0 Å². The number of hydrogen-bond donors (Lipinski definition) is 1. The van der Waals surface area contributed by atoms with Crippen molar-refractivity contribution < 1.29 is 28.2 Å². The minimum Gasteiger partial charge on any atom is -0.469 e. The van der Waals surface area contributed by atoms with Crippen molar-refractivity contribution in [3.05, 3.63) is 12.2 Å². The van der Waals surface area contributed by atoms with Crippen LogP contribution in [0, 0.1) is 17.8 Å². The van der Waals surface area contributed by atoms with E-state index in [0.717, 1.165) is 25.7 Å². The molecule has 3 atom stereocenters. The lowest BCUT2D eigenvalue weighted by molar-refractivity contribution is -0.148. The molecular formula is C23H35F2NO4. The van der Waals surface area contributed by atoms with Crippen LogP contribution in [0.3, 0.4) is 0 Å². The smallest absolute Gasteiger partial charge is 0.327 e. The lowest BCUT2D eigenvalue weighted by atomic mass is 9.99. The van der Waals surface area contributed by atoms with Crippen molar-refractivity contribution in [3.63, 3.8) is 0 Å². The highest BCUT2D eigenvalue weighted by Gasteiger charge is 2.52. The molecule has 0 aromatic rings. The van der Waals surface area contributed by atoms with Gasteiger partial charge in [0.05, 0.1) is 19.3 Å². The molecule has 1 N–H and O–H groups in total. The van der Waals surface area contributed by atoms with Gasteiger partial charge in [0.15, 0.2) is 0 Å². The summed E-state index contributed by atoms with van der Waals surface area (Å²) in [5, 5.41) is 10.3. The van der Waals surface area contributed by atoms with Crippen LogP contribution in [0.2, 0.25) is 0 Å². The van der Waals surface area contributed by atoms with Crippen molar-refractivity contribution in [2.75, 3.05) is 13.7 Å². The number of unbranched alkanes of at least 4 members (excludes halogenated alkanes) is 4. The van der Waals surface area contributed by atoms with E-state index in [1.54, 1.807) is 0 Å². The zero-order valence-electron chi connectivity index (χ0n) is 18.3. The first-order valence-electron chi connectivity index (χ1n) is 10.8. The van der Waals surface area contributed by atoms with Gasteiger partial charge in [0.2, 0.25) is 0 Å². The maximum Gasteiger partial charge on any atom is 0.327 e. The third-order valence-electron chi connectivity index (χ3n) is 5.23. The second kappa shape index (κ2) is 13.4. The molecule has 0 aromatic carbocycles. The Balaban J connectivity index is 2.55. The molecule has 1 aliphatic heterocycles. The molecule has 1 aliphatic rings. The molecule has 1 heterocycles. The molecule has 5 nitrogen and oxygen atoms in total. The molecule has 0 radical (unpaired) electrons. The van der Waals surface area contributed by atoms with Gasteiger partial charge in [0.1, 0.15) is 0 Å². The molecule has 0 saturated carbocycles. The number of carbonyl (C=O) groups is 2. The molecule has 30 heavy (non-hydrogen) atoms. The average molecular weight is 428 g/mol. The summed E-state index contributed by atoms with van der Waals surface area (Å²) in [5.41, 5.74) is 0. The third-order valence-corrected chi connectivity index (χ3v) is 5.23. The monoisotopic (exact) mass is 427 g/mol. The number of nitrogens with zero attached hydrogens (tertiary/aromatic N) is 1. The Morgan fingerprint density at radius 1 is 1.33 bits per heavy atom. The van der Waals surface area contributed by atoms with Gasteiger partial charge in [-0.2, -0.15) is 8.78 Å². The lowest BCUT2D eigenvalue weighted by Crippen LogP contribution is -2.36. The largest absolute Gasteiger partial charge is 0.469 e. The van der Waals surface area contributed by atoms with Crippen molar-refractivity contribution >= 4 is 11.9 Å². The highest BCUT2D eigenvalue weighted by atomic mass is 19.3. The first-order chi connectivity index (χ1) is 14.2. The number of carbonyl (C=O) groups excluding carboxylic acids is 2. The van der Waals surface area contributed by atoms with E-state index in [1.807, 2.05) is 13.8 Å². The molecule has 0 bridgehead atoms. The molecule has 0 spiro atoms. The molecule has 170 valence electrons. The second-order valence-electron chi connectivity index (χ2n) is 7.88. The van der Waals surface area contributed by atoms with Gasteiger partial charge in [-0.3, -0.25) is 9.59 Å². The van der Waals surface area contributed by atoms with Crippen LogP contribution in [0.5, 0.6) is 0 Å². The molecule has 1 saturated heterocycles. The molecule has 1 rings (SSSR count). The average Bonchev–Trinajstić information content (AvgIpc) is 2.94. The van der Waals surface area contributed by atoms with Gasteiger partial charge in [0, 0.05) is 32.2 Å². The number of aliphatic hydroxyl groups excluding tert-OH is 1. The van der Waals surface area contributed by atoms with Crippen LogP contribution in [0.25, 0.3) is 0 Å². The number of esters is 1. The van der Waals surface area contributed by atoms with Gasteiger partial charge in [-0.05, 0) is 25.2 Å². The number of amides is 1. The summed E-state index contributed by atoms with van der Waals surface area (Å²) in [6.07, 6.45) is 7.08. The van der Waals surface area contributed by atoms with Crippen LogP contribution < -0.4 is 0 Å². The number of likely N-dealkylation sites (tertiary alicyclic amines) is 1. The fourth-order valence-corrected chi connectivity index (χ4v) is 3.27. The number of halogens is 2. The summed E-state index contributed by atoms with van der Waals surface area (Å²) in [4.78, 5) is 24.4. The quantitative estimate of drug-likeness (QED) is 0.220. The first kappa shape index (κ1) is 26.1. The molecular weight excluding hydrogens is 392 g/mol. The second-order valence-corrected chi connectivity index (χ2v) is 7.88. The van der Waals surface area contributed by atoms with Gasteiger partial charge in [-0.15, -0.1) is 11.8 Å². The Labute approximate surface area is 178 Å². The minimum atomic E-state index is -3.37. The number of alkyl halides is 2. The molecule has 0 unspecified atom stereocenters. The van der Waals surface area contributed by atoms with Crippen LogP contribution in [-0.2, 0) is 14.3 Å². The van der Waals surface area contributed by atoms with Crippen molar-refractivity contribution in [1.82, 2.24) is 4.90 Å². The molecule has 0 aromatic heterocycles. The maximum atomic E-state index is 14.0. The third kappa shape index (κ3) is 8.83. The summed E-state index contributed by atoms with van der Waals surface area (Å²) in [6.45, 7) is 4.13. The molecule has 1 amide bonds. The van der Waals surface area contributed by atoms with Crippen LogP contribution in [-0.4, -0.2) is 53.6 Å². The highest BCUT2D eigenvalue weighted by Crippen LogP contribution is 2.34. The van der Waals surface area contributed by atoms with E-state index >= 15 is 0 Å². The summed E-state index contributed by atoms with van der Waals surface area (Å²) >= 11 is 0. The predicted molar refractivity (Wildman–Crippen MR) is 112 cm³/mol. The molecule has 1 fully saturated rings. The predicted octanol–water partition coefficient (Wildman–Crippen LogP) is 4.09. The topological polar surface area (TPSA) is 66.8 Å². The van der Waals surface area contributed by atoms with E-state index in [-0.39, 0.29) is 18.4 Å². The summed E-state index contributed by atoms with van der Waals surface area (Å²) in [7, 11) is 1.34. The van der Waals surface area contributed by atoms with E-state index in [0.29, 0.717) is 25.7 Å². The first-order valence-corrected chi connectivity index (χ1v) is 10.8. The Bertz CT molecular complexity index is 639. The van der Waals surface area contributed by atoms with Crippen LogP contribution >= 0.6 is 0 Å². The number of ether oxygens (including phenoxy) is 1. The number of hydrogen-bond acceptors (Lipinski definition) is 4. The Morgan fingerprint density at radius 2 is 2.03 bits per heavy atom. The molecule has 0 aliphatic carbocycles. The number of methoxy groups -OCH3 is 1. The fraction of sp³-hybridized carbons (Fsp3) is 0.739. The van der Waals surface area contributed by atoms with Gasteiger partial charge >= 0.3 is 11.9 Å². The molecule has 7 heteroatoms. The van der Waals surface area contributed by atoms with E-state index in [9.17, 15) is 23.5 Å². The zero-order chi connectivity index (χ0) is 22.6. The SMILES string of the molecule is CCCC#CC[C@H](C)[C@H](O)C=C[C@H]1CC(F)(F)C(=O)N1CCCCCCC(=O)OC. The number of aliphatic hydroxyl groups is 1. The van der Waals surface area contributed by atoms with Crippen molar-refractivity contribution in [3.8, 4) is 11.8 Å². The van der Waals surface area contributed by atoms with Crippen LogP contribution in [0.15, 0.2) is 12.2 Å². The normalized spacial score (nSPS) is 20.1. The zero-order valence-corrected chi connectivity index (χ0v) is 18.3. The minimum absolute atomic E-state index is 0.119. The van der Waals surface area contributed by atoms with Crippen molar-refractivity contribution in [1.29, 1.82) is 0 Å². The Hall–Kier alpha value is -1.94. The van der Waals surface area contributed by atoms with E-state index in [2.05, 4.69) is 16.6 Å². The lowest BCUT2D eigenvalue weighted by Gasteiger charge is -2.22. The van der Waals surface area contributed by atoms with E-state index in [1.165, 1.54) is 24.2 Å². The van der Waals surface area contributed by atoms with Crippen LogP contribution in [0.4, 0.5) is 8.78 Å². The summed E-state index contributed by atoms with van der Waals surface area (Å²) in [6, 6.07) is -0.726. The van der Waals surface area contributed by atoms with E-state index < -0.39 is 30.4 Å². The number of rotatable bonds is 12. The Kier molecular flexibility index (Phi) is 11.6. The van der Waals surface area contributed by atoms with Crippen LogP contribution in [0.1, 0.15) is 71.6 Å². The maximum absolute atomic E-state index is 14.0.